The van der Waals surface area contributed by atoms with Crippen molar-refractivity contribution in [2.75, 3.05) is 14.2 Å². The van der Waals surface area contributed by atoms with Crippen LogP contribution in [-0.4, -0.2) is 75.0 Å². The van der Waals surface area contributed by atoms with Crippen molar-refractivity contribution in [1.82, 2.24) is 24.4 Å². The van der Waals surface area contributed by atoms with Crippen LogP contribution < -0.4 is 5.32 Å². The molecule has 0 aliphatic carbocycles. The van der Waals surface area contributed by atoms with E-state index in [-0.39, 0.29) is 37.5 Å². The summed E-state index contributed by atoms with van der Waals surface area (Å²) in [5.41, 5.74) is 4.18. The van der Waals surface area contributed by atoms with Crippen molar-refractivity contribution in [1.29, 1.82) is 0 Å². The minimum atomic E-state index is -1.12. The lowest BCUT2D eigenvalue weighted by atomic mass is 9.91. The third kappa shape index (κ3) is 3.91. The topological polar surface area (TPSA) is 141 Å². The van der Waals surface area contributed by atoms with Crippen molar-refractivity contribution in [3.8, 4) is 0 Å². The number of benzene rings is 3. The van der Waals surface area contributed by atoms with Crippen LogP contribution in [0.15, 0.2) is 48.5 Å². The average molecular weight is 664 g/mol. The van der Waals surface area contributed by atoms with Gasteiger partial charge in [-0.1, -0.05) is 36.4 Å². The number of aromatic nitrogens is 2. The van der Waals surface area contributed by atoms with Gasteiger partial charge in [-0.15, -0.1) is 5.06 Å². The fourth-order valence-electron chi connectivity index (χ4n) is 8.77. The Bertz CT molecular complexity index is 2320. The minimum absolute atomic E-state index is 0.0124. The fraction of sp³-hybridized carbons (Fsp3) is 0.361. The normalized spacial score (nSPS) is 24.3. The first kappa shape index (κ1) is 29.8. The van der Waals surface area contributed by atoms with E-state index in [1.165, 1.54) is 0 Å². The van der Waals surface area contributed by atoms with E-state index in [9.17, 15) is 24.0 Å². The van der Waals surface area contributed by atoms with E-state index in [4.69, 9.17) is 14.3 Å². The summed E-state index contributed by atoms with van der Waals surface area (Å²) in [5.74, 6) is -2.42. The highest BCUT2D eigenvalue weighted by molar-refractivity contribution is 6.31. The highest BCUT2D eigenvalue weighted by atomic mass is 16.7. The first-order chi connectivity index (χ1) is 23.6. The van der Waals surface area contributed by atoms with Gasteiger partial charge in [0.2, 0.25) is 5.91 Å². The van der Waals surface area contributed by atoms with E-state index < -0.39 is 41.9 Å². The van der Waals surface area contributed by atoms with Crippen molar-refractivity contribution in [2.24, 2.45) is 0 Å². The standard InChI is InChI=1S/C36H33N5O8/c1-36-34(47-3)23(38(2)24(42)14-15-28(45)49-41-25(43)12-13-26(41)44)16-27(48-36)39-21-10-6-4-8-18(21)30-31-20(17-37-35(31)46)29-19-9-5-7-11-22(19)40(36)33(29)32(30)39/h4-11,23,27,34H,12-17H2,1-3H3,(H,37,46)/t23-,27-,34-,36+/m1/s1. The molecule has 2 fully saturated rings. The number of nitrogens with zero attached hydrogens (tertiary/aromatic N) is 4. The number of amides is 4. The van der Waals surface area contributed by atoms with Gasteiger partial charge < -0.3 is 33.7 Å². The number of nitrogens with one attached hydrogen (secondary N) is 1. The van der Waals surface area contributed by atoms with E-state index >= 15 is 0 Å². The molecule has 0 spiro atoms. The third-order valence-electron chi connectivity index (χ3n) is 10.8. The van der Waals surface area contributed by atoms with Gasteiger partial charge in [0, 0.05) is 67.9 Å². The van der Waals surface area contributed by atoms with E-state index in [0.717, 1.165) is 49.2 Å². The van der Waals surface area contributed by atoms with Gasteiger partial charge in [-0.3, -0.25) is 19.2 Å². The third-order valence-corrected chi connectivity index (χ3v) is 10.8. The zero-order chi connectivity index (χ0) is 33.9. The Hall–Kier alpha value is -5.27. The Morgan fingerprint density at radius 3 is 2.35 bits per heavy atom. The minimum Gasteiger partial charge on any atom is -0.374 e. The fourth-order valence-corrected chi connectivity index (χ4v) is 8.77. The molecule has 4 atom stereocenters. The Kier molecular flexibility index (Phi) is 6.31. The second kappa shape index (κ2) is 10.4. The maximum Gasteiger partial charge on any atom is 0.333 e. The molecule has 9 rings (SSSR count). The number of hydrogen-bond acceptors (Lipinski definition) is 8. The molecule has 13 nitrogen and oxygen atoms in total. The zero-order valence-corrected chi connectivity index (χ0v) is 27.1. The molecular weight excluding hydrogens is 630 g/mol. The molecule has 0 saturated carbocycles. The average Bonchev–Trinajstić information content (AvgIpc) is 3.82. The molecule has 4 aliphatic heterocycles. The lowest BCUT2D eigenvalue weighted by molar-refractivity contribution is -0.266. The summed E-state index contributed by atoms with van der Waals surface area (Å²) >= 11 is 0. The Balaban J connectivity index is 1.19. The summed E-state index contributed by atoms with van der Waals surface area (Å²) in [4.78, 5) is 70.4. The highest BCUT2D eigenvalue weighted by Gasteiger charge is 2.55. The molecule has 1 N–H and O–H groups in total. The van der Waals surface area contributed by atoms with Gasteiger partial charge in [0.1, 0.15) is 12.3 Å². The molecule has 2 aromatic heterocycles. The predicted octanol–water partition coefficient (Wildman–Crippen LogP) is 3.98. The van der Waals surface area contributed by atoms with Crippen molar-refractivity contribution >= 4 is 73.2 Å². The number of hydrogen-bond donors (Lipinski definition) is 1. The lowest BCUT2D eigenvalue weighted by Gasteiger charge is -2.50. The number of fused-ring (bicyclic) bond motifs is 13. The predicted molar refractivity (Wildman–Crippen MR) is 176 cm³/mol. The van der Waals surface area contributed by atoms with Gasteiger partial charge >= 0.3 is 5.97 Å². The Morgan fingerprint density at radius 1 is 0.959 bits per heavy atom. The summed E-state index contributed by atoms with van der Waals surface area (Å²) in [6.07, 6.45) is -1.38. The van der Waals surface area contributed by atoms with Crippen molar-refractivity contribution < 1.29 is 38.3 Å². The Morgan fingerprint density at radius 2 is 1.63 bits per heavy atom. The van der Waals surface area contributed by atoms with Gasteiger partial charge in [-0.05, 0) is 24.6 Å². The van der Waals surface area contributed by atoms with Crippen LogP contribution >= 0.6 is 0 Å². The molecule has 13 heteroatoms. The number of hydroxylamine groups is 2. The number of methoxy groups -OCH3 is 1. The van der Waals surface area contributed by atoms with E-state index in [1.54, 1.807) is 19.1 Å². The molecule has 2 saturated heterocycles. The number of carbonyl (C=O) groups is 5. The molecule has 5 aromatic rings. The second-order valence-corrected chi connectivity index (χ2v) is 13.4. The molecule has 4 aliphatic rings. The van der Waals surface area contributed by atoms with Crippen LogP contribution in [0.1, 0.15) is 61.2 Å². The van der Waals surface area contributed by atoms with E-state index in [1.807, 2.05) is 49.4 Å². The Labute approximate surface area is 279 Å². The lowest BCUT2D eigenvalue weighted by Crippen LogP contribution is -2.61. The van der Waals surface area contributed by atoms with Gasteiger partial charge in [0.05, 0.1) is 40.1 Å². The van der Waals surface area contributed by atoms with Crippen LogP contribution in [-0.2, 0) is 45.8 Å². The van der Waals surface area contributed by atoms with Crippen LogP contribution in [0.4, 0.5) is 0 Å². The molecule has 250 valence electrons. The quantitative estimate of drug-likeness (QED) is 0.269. The highest BCUT2D eigenvalue weighted by Crippen LogP contribution is 2.54. The van der Waals surface area contributed by atoms with Gasteiger partial charge in [-0.25, -0.2) is 4.79 Å². The second-order valence-electron chi connectivity index (χ2n) is 13.4. The number of likely N-dealkylation sites (N-methyl/N-ethyl adjacent to an activating group) is 1. The van der Waals surface area contributed by atoms with Crippen LogP contribution in [0, 0.1) is 0 Å². The van der Waals surface area contributed by atoms with E-state index in [2.05, 4.69) is 20.5 Å². The van der Waals surface area contributed by atoms with Crippen LogP contribution in [0.2, 0.25) is 0 Å². The molecule has 3 aromatic carbocycles. The first-order valence-electron chi connectivity index (χ1n) is 16.5. The maximum atomic E-state index is 13.8. The number of ether oxygens (including phenoxy) is 2. The number of para-hydroxylation sites is 2. The molecule has 49 heavy (non-hydrogen) atoms. The molecule has 4 amide bonds. The van der Waals surface area contributed by atoms with Crippen molar-refractivity contribution in [2.45, 2.75) is 69.7 Å². The first-order valence-corrected chi connectivity index (χ1v) is 16.5. The van der Waals surface area contributed by atoms with E-state index in [0.29, 0.717) is 23.6 Å². The summed E-state index contributed by atoms with van der Waals surface area (Å²) in [7, 11) is 3.30. The van der Waals surface area contributed by atoms with Crippen LogP contribution in [0.3, 0.4) is 0 Å². The van der Waals surface area contributed by atoms with Crippen LogP contribution in [0.25, 0.3) is 43.6 Å². The number of rotatable bonds is 6. The summed E-state index contributed by atoms with van der Waals surface area (Å²) in [6.45, 7) is 2.40. The molecule has 0 radical (unpaired) electrons. The van der Waals surface area contributed by atoms with Gasteiger partial charge in [0.25, 0.3) is 17.7 Å². The smallest absolute Gasteiger partial charge is 0.333 e. The van der Waals surface area contributed by atoms with Crippen molar-refractivity contribution in [3.05, 3.63) is 59.7 Å². The summed E-state index contributed by atoms with van der Waals surface area (Å²) in [6, 6.07) is 15.6. The SMILES string of the molecule is CO[C@@H]1[C@H](N(C)C(=O)CCC(=O)ON2C(=O)CCC2=O)C[C@H]2O[C@]1(C)n1c3ccccc3c3c4c(c5c6ccccc6n2c5c31)C(=O)NC4. The van der Waals surface area contributed by atoms with Gasteiger partial charge in [0.15, 0.2) is 5.72 Å². The summed E-state index contributed by atoms with van der Waals surface area (Å²) in [5, 5.41) is 7.37. The molecule has 6 heterocycles. The van der Waals surface area contributed by atoms with Gasteiger partial charge in [-0.2, -0.15) is 0 Å². The van der Waals surface area contributed by atoms with Crippen LogP contribution in [0.5, 0.6) is 0 Å². The molecule has 2 bridgehead atoms. The largest absolute Gasteiger partial charge is 0.374 e. The zero-order valence-electron chi connectivity index (χ0n) is 27.1. The number of carbonyl (C=O) groups excluding carboxylic acids is 5. The maximum absolute atomic E-state index is 13.8. The van der Waals surface area contributed by atoms with Crippen molar-refractivity contribution in [3.63, 3.8) is 0 Å². The number of imide groups is 1. The summed E-state index contributed by atoms with van der Waals surface area (Å²) < 4.78 is 17.8. The monoisotopic (exact) mass is 663 g/mol. The molecular formula is C36H33N5O8. The molecule has 0 unspecified atom stereocenters.